The lowest BCUT2D eigenvalue weighted by molar-refractivity contribution is 0.277. The van der Waals surface area contributed by atoms with E-state index in [1.807, 2.05) is 24.3 Å². The predicted octanol–water partition coefficient (Wildman–Crippen LogP) is 1.25. The Kier molecular flexibility index (Phi) is 4.07. The Balaban J connectivity index is 2.18. The van der Waals surface area contributed by atoms with Gasteiger partial charge in [0.05, 0.1) is 24.4 Å². The second kappa shape index (κ2) is 6.05. The molecule has 0 bridgehead atoms. The van der Waals surface area contributed by atoms with Crippen LogP contribution in [0.15, 0.2) is 39.9 Å². The lowest BCUT2D eigenvalue weighted by Crippen LogP contribution is -2.32. The van der Waals surface area contributed by atoms with Crippen LogP contribution in [0.25, 0.3) is 10.9 Å². The van der Waals surface area contributed by atoms with Crippen molar-refractivity contribution in [2.24, 2.45) is 7.05 Å². The molecule has 0 radical (unpaired) electrons. The molecule has 3 rings (SSSR count). The first-order chi connectivity index (χ1) is 11.4. The number of para-hydroxylation sites is 1. The minimum atomic E-state index is -0.365. The summed E-state index contributed by atoms with van der Waals surface area (Å²) in [7, 11) is 1.71. The van der Waals surface area contributed by atoms with Gasteiger partial charge in [-0.25, -0.2) is 4.68 Å². The van der Waals surface area contributed by atoms with Gasteiger partial charge < -0.3 is 9.67 Å². The van der Waals surface area contributed by atoms with E-state index in [0.29, 0.717) is 22.4 Å². The van der Waals surface area contributed by atoms with Crippen molar-refractivity contribution in [3.8, 4) is 0 Å². The first-order valence-corrected chi connectivity index (χ1v) is 7.69. The molecule has 1 aromatic carbocycles. The number of aliphatic hydroxyl groups excluding tert-OH is 1. The Morgan fingerprint density at radius 2 is 1.83 bits per heavy atom. The van der Waals surface area contributed by atoms with Crippen molar-refractivity contribution in [1.82, 2.24) is 14.3 Å². The molecule has 124 valence electrons. The summed E-state index contributed by atoms with van der Waals surface area (Å²) >= 11 is 0. The summed E-state index contributed by atoms with van der Waals surface area (Å²) < 4.78 is 2.82. The highest BCUT2D eigenvalue weighted by Crippen LogP contribution is 2.13. The average Bonchev–Trinajstić information content (AvgIpc) is 2.58. The predicted molar refractivity (Wildman–Crippen MR) is 92.2 cm³/mol. The number of hydrogen-bond acceptors (Lipinski definition) is 4. The number of nitrogens with zero attached hydrogens (tertiary/aromatic N) is 3. The largest absolute Gasteiger partial charge is 0.391 e. The molecule has 0 aliphatic rings. The molecule has 6 nitrogen and oxygen atoms in total. The summed E-state index contributed by atoms with van der Waals surface area (Å²) in [6, 6.07) is 9.38. The Hall–Kier alpha value is -2.73. The van der Waals surface area contributed by atoms with Crippen LogP contribution in [-0.4, -0.2) is 19.5 Å². The maximum atomic E-state index is 12.6. The summed E-state index contributed by atoms with van der Waals surface area (Å²) in [6.07, 6.45) is 0. The summed E-state index contributed by atoms with van der Waals surface area (Å²) in [5.74, 6) is 0. The van der Waals surface area contributed by atoms with Gasteiger partial charge in [0.25, 0.3) is 11.1 Å². The molecular weight excluding hydrogens is 306 g/mol. The average molecular weight is 325 g/mol. The van der Waals surface area contributed by atoms with Gasteiger partial charge in [0, 0.05) is 18.2 Å². The molecule has 0 aliphatic carbocycles. The molecule has 0 unspecified atom stereocenters. The Labute approximate surface area is 138 Å². The molecule has 0 saturated carbocycles. The molecule has 24 heavy (non-hydrogen) atoms. The van der Waals surface area contributed by atoms with E-state index in [-0.39, 0.29) is 24.3 Å². The second-order valence-electron chi connectivity index (χ2n) is 5.90. The number of fused-ring (bicyclic) bond motifs is 1. The van der Waals surface area contributed by atoms with Crippen molar-refractivity contribution >= 4 is 10.9 Å². The van der Waals surface area contributed by atoms with Gasteiger partial charge in [-0.2, -0.15) is 5.10 Å². The highest BCUT2D eigenvalue weighted by Gasteiger charge is 2.13. The minimum Gasteiger partial charge on any atom is -0.391 e. The van der Waals surface area contributed by atoms with Crippen LogP contribution in [-0.2, 0) is 20.2 Å². The van der Waals surface area contributed by atoms with Crippen LogP contribution in [0.1, 0.15) is 22.4 Å². The van der Waals surface area contributed by atoms with Crippen molar-refractivity contribution in [2.75, 3.05) is 0 Å². The molecule has 1 N–H and O–H groups in total. The molecule has 2 heterocycles. The number of pyridine rings is 1. The number of aryl methyl sites for hydroxylation is 2. The summed E-state index contributed by atoms with van der Waals surface area (Å²) in [4.78, 5) is 25.0. The fraction of sp³-hybridized carbons (Fsp3) is 0.278. The van der Waals surface area contributed by atoms with E-state index in [0.717, 1.165) is 10.9 Å². The van der Waals surface area contributed by atoms with Crippen molar-refractivity contribution in [2.45, 2.75) is 27.0 Å². The van der Waals surface area contributed by atoms with Gasteiger partial charge >= 0.3 is 0 Å². The lowest BCUT2D eigenvalue weighted by Gasteiger charge is -2.12. The quantitative estimate of drug-likeness (QED) is 0.786. The topological polar surface area (TPSA) is 77.1 Å². The zero-order valence-electron chi connectivity index (χ0n) is 13.9. The standard InChI is InChI=1S/C18H19N3O3/c1-11-12(2)19-21(18(24)15(11)10-22)9-14-8-13-6-4-5-7-16(13)20(3)17(14)23/h4-8,22H,9-10H2,1-3H3. The van der Waals surface area contributed by atoms with Gasteiger partial charge in [0.1, 0.15) is 0 Å². The van der Waals surface area contributed by atoms with Gasteiger partial charge in [0.15, 0.2) is 0 Å². The van der Waals surface area contributed by atoms with Gasteiger partial charge in [-0.05, 0) is 36.9 Å². The third-order valence-corrected chi connectivity index (χ3v) is 4.44. The van der Waals surface area contributed by atoms with Crippen molar-refractivity contribution in [1.29, 1.82) is 0 Å². The zero-order chi connectivity index (χ0) is 17.4. The van der Waals surface area contributed by atoms with E-state index in [4.69, 9.17) is 0 Å². The van der Waals surface area contributed by atoms with Crippen molar-refractivity contribution in [3.05, 3.63) is 73.4 Å². The van der Waals surface area contributed by atoms with E-state index >= 15 is 0 Å². The molecule has 0 spiro atoms. The highest BCUT2D eigenvalue weighted by molar-refractivity contribution is 5.79. The van der Waals surface area contributed by atoms with Crippen molar-refractivity contribution in [3.63, 3.8) is 0 Å². The maximum absolute atomic E-state index is 12.6. The van der Waals surface area contributed by atoms with Gasteiger partial charge in [-0.1, -0.05) is 18.2 Å². The van der Waals surface area contributed by atoms with Gasteiger partial charge in [-0.3, -0.25) is 9.59 Å². The fourth-order valence-electron chi connectivity index (χ4n) is 2.89. The molecule has 0 fully saturated rings. The second-order valence-corrected chi connectivity index (χ2v) is 5.90. The number of hydrogen-bond donors (Lipinski definition) is 1. The van der Waals surface area contributed by atoms with E-state index in [2.05, 4.69) is 5.10 Å². The van der Waals surface area contributed by atoms with E-state index in [1.54, 1.807) is 31.5 Å². The maximum Gasteiger partial charge on any atom is 0.272 e. The summed E-state index contributed by atoms with van der Waals surface area (Å²) in [5.41, 5.74) is 2.46. The van der Waals surface area contributed by atoms with E-state index in [1.165, 1.54) is 4.68 Å². The molecule has 6 heteroatoms. The van der Waals surface area contributed by atoms with Crippen LogP contribution in [0.5, 0.6) is 0 Å². The monoisotopic (exact) mass is 325 g/mol. The third kappa shape index (κ3) is 2.55. The molecular formula is C18H19N3O3. The molecule has 0 aliphatic heterocycles. The summed E-state index contributed by atoms with van der Waals surface area (Å²) in [5, 5.41) is 14.6. The number of aliphatic hydroxyl groups is 1. The highest BCUT2D eigenvalue weighted by atomic mass is 16.3. The Morgan fingerprint density at radius 3 is 2.54 bits per heavy atom. The molecule has 3 aromatic rings. The SMILES string of the molecule is Cc1nn(Cc2cc3ccccc3n(C)c2=O)c(=O)c(CO)c1C. The molecule has 0 atom stereocenters. The lowest BCUT2D eigenvalue weighted by atomic mass is 10.1. The Bertz CT molecular complexity index is 1050. The molecule has 2 aromatic heterocycles. The summed E-state index contributed by atoms with van der Waals surface area (Å²) in [6.45, 7) is 3.27. The number of benzene rings is 1. The molecule has 0 saturated heterocycles. The van der Waals surface area contributed by atoms with Crippen molar-refractivity contribution < 1.29 is 5.11 Å². The van der Waals surface area contributed by atoms with E-state index < -0.39 is 0 Å². The Morgan fingerprint density at radius 1 is 1.12 bits per heavy atom. The van der Waals surface area contributed by atoms with Crippen LogP contribution in [0, 0.1) is 13.8 Å². The first-order valence-electron chi connectivity index (χ1n) is 7.69. The minimum absolute atomic E-state index is 0.0739. The number of aromatic nitrogens is 3. The fourth-order valence-corrected chi connectivity index (χ4v) is 2.89. The van der Waals surface area contributed by atoms with Crippen LogP contribution in [0.2, 0.25) is 0 Å². The normalized spacial score (nSPS) is 11.2. The zero-order valence-corrected chi connectivity index (χ0v) is 13.9. The number of rotatable bonds is 3. The van der Waals surface area contributed by atoms with E-state index in [9.17, 15) is 14.7 Å². The first kappa shape index (κ1) is 16.1. The third-order valence-electron chi connectivity index (χ3n) is 4.44. The van der Waals surface area contributed by atoms with Crippen LogP contribution < -0.4 is 11.1 Å². The van der Waals surface area contributed by atoms with Crippen LogP contribution in [0.4, 0.5) is 0 Å². The van der Waals surface area contributed by atoms with Gasteiger partial charge in [-0.15, -0.1) is 0 Å². The van der Waals surface area contributed by atoms with Crippen LogP contribution >= 0.6 is 0 Å². The molecule has 0 amide bonds. The smallest absolute Gasteiger partial charge is 0.272 e. The van der Waals surface area contributed by atoms with Crippen LogP contribution in [0.3, 0.4) is 0 Å². The van der Waals surface area contributed by atoms with Gasteiger partial charge in [0.2, 0.25) is 0 Å².